The molecule has 0 spiro atoms. The van der Waals surface area contributed by atoms with E-state index in [0.717, 1.165) is 6.54 Å². The number of carbonyl (C=O) groups excluding carboxylic acids is 1. The first kappa shape index (κ1) is 16.5. The Morgan fingerprint density at radius 1 is 1.33 bits per heavy atom. The van der Waals surface area contributed by atoms with E-state index in [0.29, 0.717) is 32.3 Å². The molecule has 2 aromatic rings. The van der Waals surface area contributed by atoms with Gasteiger partial charge in [0.15, 0.2) is 0 Å². The van der Waals surface area contributed by atoms with E-state index in [9.17, 15) is 4.79 Å². The monoisotopic (exact) mass is 389 g/mol. The number of hydrogen-bond donors (Lipinski definition) is 0. The van der Waals surface area contributed by atoms with Gasteiger partial charge in [0.05, 0.1) is 32.8 Å². The molecule has 1 aromatic heterocycles. The predicted molar refractivity (Wildman–Crippen MR) is 88.4 cm³/mol. The molecule has 1 heterocycles. The molecule has 0 saturated heterocycles. The summed E-state index contributed by atoms with van der Waals surface area (Å²) in [5, 5.41) is 4.90. The molecule has 0 saturated carbocycles. The van der Waals surface area contributed by atoms with Gasteiger partial charge in [-0.2, -0.15) is 5.10 Å². The van der Waals surface area contributed by atoms with E-state index in [-0.39, 0.29) is 5.78 Å². The van der Waals surface area contributed by atoms with Crippen LogP contribution >= 0.6 is 39.1 Å². The van der Waals surface area contributed by atoms with Crippen molar-refractivity contribution in [2.75, 3.05) is 20.6 Å². The molecule has 1 aromatic carbocycles. The van der Waals surface area contributed by atoms with E-state index in [4.69, 9.17) is 23.2 Å². The highest BCUT2D eigenvalue weighted by Gasteiger charge is 2.23. The molecule has 0 bridgehead atoms. The van der Waals surface area contributed by atoms with E-state index in [2.05, 4.69) is 21.0 Å². The summed E-state index contributed by atoms with van der Waals surface area (Å²) in [7, 11) is 3.93. The number of nitrogens with zero attached hydrogens (tertiary/aromatic N) is 3. The Morgan fingerprint density at radius 2 is 1.95 bits per heavy atom. The lowest BCUT2D eigenvalue weighted by molar-refractivity contribution is 0.102. The third-order valence-electron chi connectivity index (χ3n) is 2.96. The first-order valence-electron chi connectivity index (χ1n) is 6.26. The lowest BCUT2D eigenvalue weighted by Crippen LogP contribution is -2.22. The molecule has 21 heavy (non-hydrogen) atoms. The summed E-state index contributed by atoms with van der Waals surface area (Å²) >= 11 is 15.6. The van der Waals surface area contributed by atoms with Crippen molar-refractivity contribution < 1.29 is 4.79 Å². The zero-order valence-corrected chi connectivity index (χ0v) is 14.7. The summed E-state index contributed by atoms with van der Waals surface area (Å²) in [5.41, 5.74) is 0.750. The van der Waals surface area contributed by atoms with Crippen LogP contribution in [0.2, 0.25) is 10.0 Å². The molecular weight excluding hydrogens is 377 g/mol. The van der Waals surface area contributed by atoms with E-state index in [1.165, 1.54) is 0 Å². The maximum absolute atomic E-state index is 12.8. The van der Waals surface area contributed by atoms with Crippen molar-refractivity contribution in [2.45, 2.75) is 6.54 Å². The van der Waals surface area contributed by atoms with Gasteiger partial charge in [-0.05, 0) is 42.2 Å². The van der Waals surface area contributed by atoms with Gasteiger partial charge in [-0.25, -0.2) is 0 Å². The molecule has 112 valence electrons. The van der Waals surface area contributed by atoms with Crippen molar-refractivity contribution in [1.82, 2.24) is 14.7 Å². The molecule has 0 radical (unpaired) electrons. The van der Waals surface area contributed by atoms with Crippen molar-refractivity contribution >= 4 is 44.9 Å². The fourth-order valence-corrected chi connectivity index (χ4v) is 2.93. The van der Waals surface area contributed by atoms with Crippen LogP contribution in [-0.2, 0) is 6.54 Å². The summed E-state index contributed by atoms with van der Waals surface area (Å²) in [5.74, 6) is -0.242. The third-order valence-corrected chi connectivity index (χ3v) is 4.17. The Bertz CT molecular complexity index is 650. The van der Waals surface area contributed by atoms with Gasteiger partial charge in [0.1, 0.15) is 5.69 Å². The minimum atomic E-state index is -0.242. The average Bonchev–Trinajstić information content (AvgIpc) is 2.77. The number of aromatic nitrogens is 2. The van der Waals surface area contributed by atoms with Gasteiger partial charge in [0, 0.05) is 6.54 Å². The van der Waals surface area contributed by atoms with Crippen molar-refractivity contribution in [1.29, 1.82) is 0 Å². The molecule has 2 rings (SSSR count). The van der Waals surface area contributed by atoms with Gasteiger partial charge in [-0.15, -0.1) is 0 Å². The minimum absolute atomic E-state index is 0.242. The van der Waals surface area contributed by atoms with E-state index >= 15 is 0 Å². The molecule has 0 atom stereocenters. The number of ketones is 1. The molecule has 0 N–H and O–H groups in total. The van der Waals surface area contributed by atoms with Gasteiger partial charge < -0.3 is 4.90 Å². The minimum Gasteiger partial charge on any atom is -0.308 e. The SMILES string of the molecule is CN(C)CCn1ncc(Br)c1C(=O)c1c(Cl)cccc1Cl. The zero-order valence-electron chi connectivity index (χ0n) is 11.6. The highest BCUT2D eigenvalue weighted by Crippen LogP contribution is 2.29. The maximum Gasteiger partial charge on any atom is 0.215 e. The molecule has 4 nitrogen and oxygen atoms in total. The molecule has 0 aliphatic heterocycles. The third kappa shape index (κ3) is 3.66. The van der Waals surface area contributed by atoms with Gasteiger partial charge >= 0.3 is 0 Å². The van der Waals surface area contributed by atoms with Gasteiger partial charge in [0.2, 0.25) is 5.78 Å². The highest BCUT2D eigenvalue weighted by molar-refractivity contribution is 9.10. The first-order chi connectivity index (χ1) is 9.91. The topological polar surface area (TPSA) is 38.1 Å². The first-order valence-corrected chi connectivity index (χ1v) is 7.81. The van der Waals surface area contributed by atoms with Crippen LogP contribution in [0.3, 0.4) is 0 Å². The fourth-order valence-electron chi connectivity index (χ4n) is 1.89. The quantitative estimate of drug-likeness (QED) is 0.729. The van der Waals surface area contributed by atoms with Crippen molar-refractivity contribution in [3.8, 4) is 0 Å². The number of carbonyl (C=O) groups is 1. The Balaban J connectivity index is 2.42. The van der Waals surface area contributed by atoms with Crippen LogP contribution in [0, 0.1) is 0 Å². The standard InChI is InChI=1S/C14H14BrCl2N3O/c1-19(2)6-7-20-13(9(15)8-18-20)14(21)12-10(16)4-3-5-11(12)17/h3-5,8H,6-7H2,1-2H3. The normalized spacial score (nSPS) is 11.1. The van der Waals surface area contributed by atoms with Crippen LogP contribution in [0.4, 0.5) is 0 Å². The summed E-state index contributed by atoms with van der Waals surface area (Å²) < 4.78 is 2.29. The summed E-state index contributed by atoms with van der Waals surface area (Å²) in [4.78, 5) is 14.8. The van der Waals surface area contributed by atoms with E-state index in [1.807, 2.05) is 19.0 Å². The molecule has 0 aliphatic carbocycles. The lowest BCUT2D eigenvalue weighted by atomic mass is 10.1. The summed E-state index contributed by atoms with van der Waals surface area (Å²) in [6.07, 6.45) is 1.60. The lowest BCUT2D eigenvalue weighted by Gasteiger charge is -2.12. The van der Waals surface area contributed by atoms with Crippen LogP contribution in [0.25, 0.3) is 0 Å². The maximum atomic E-state index is 12.8. The highest BCUT2D eigenvalue weighted by atomic mass is 79.9. The molecule has 0 aliphatic rings. The zero-order chi connectivity index (χ0) is 15.6. The van der Waals surface area contributed by atoms with E-state index in [1.54, 1.807) is 29.1 Å². The van der Waals surface area contributed by atoms with Gasteiger partial charge in [0.25, 0.3) is 0 Å². The van der Waals surface area contributed by atoms with Gasteiger partial charge in [-0.1, -0.05) is 29.3 Å². The van der Waals surface area contributed by atoms with Crippen LogP contribution < -0.4 is 0 Å². The molecule has 0 unspecified atom stereocenters. The Hall–Kier alpha value is -0.880. The van der Waals surface area contributed by atoms with E-state index < -0.39 is 0 Å². The van der Waals surface area contributed by atoms with Crippen LogP contribution in [0.5, 0.6) is 0 Å². The second kappa shape index (κ2) is 6.92. The second-order valence-electron chi connectivity index (χ2n) is 4.79. The summed E-state index contributed by atoms with van der Waals surface area (Å²) in [6, 6.07) is 5.00. The number of benzene rings is 1. The molecular formula is C14H14BrCl2N3O. The van der Waals surface area contributed by atoms with Crippen LogP contribution in [0.1, 0.15) is 16.1 Å². The molecule has 0 fully saturated rings. The Kier molecular flexibility index (Phi) is 5.43. The van der Waals surface area contributed by atoms with Crippen molar-refractivity contribution in [2.24, 2.45) is 0 Å². The smallest absolute Gasteiger partial charge is 0.215 e. The van der Waals surface area contributed by atoms with Crippen molar-refractivity contribution in [3.05, 3.63) is 50.2 Å². The Labute approximate surface area is 141 Å². The van der Waals surface area contributed by atoms with Crippen molar-refractivity contribution in [3.63, 3.8) is 0 Å². The second-order valence-corrected chi connectivity index (χ2v) is 6.46. The average molecular weight is 391 g/mol. The number of halogens is 3. The number of likely N-dealkylation sites (N-methyl/N-ethyl adjacent to an activating group) is 1. The van der Waals surface area contributed by atoms with Crippen LogP contribution in [-0.4, -0.2) is 41.1 Å². The summed E-state index contributed by atoms with van der Waals surface area (Å²) in [6.45, 7) is 1.37. The predicted octanol–water partition coefficient (Wildman–Crippen LogP) is 3.75. The number of rotatable bonds is 5. The largest absolute Gasteiger partial charge is 0.308 e. The fraction of sp³-hybridized carbons (Fsp3) is 0.286. The number of hydrogen-bond acceptors (Lipinski definition) is 3. The molecule has 0 amide bonds. The van der Waals surface area contributed by atoms with Crippen LogP contribution in [0.15, 0.2) is 28.9 Å². The van der Waals surface area contributed by atoms with Gasteiger partial charge in [-0.3, -0.25) is 9.48 Å². The molecule has 7 heteroatoms. The Morgan fingerprint density at radius 3 is 2.52 bits per heavy atom.